The number of aliphatic hydroxyl groups is 1. The van der Waals surface area contributed by atoms with Crippen molar-refractivity contribution < 1.29 is 76.5 Å². The van der Waals surface area contributed by atoms with E-state index in [4.69, 9.17) is 42.6 Å². The molecule has 2 fully saturated rings. The maximum atomic E-state index is 12.3. The summed E-state index contributed by atoms with van der Waals surface area (Å²) in [6, 6.07) is 8.45. The predicted octanol–water partition coefficient (Wildman–Crippen LogP) is 0.451. The van der Waals surface area contributed by atoms with Crippen molar-refractivity contribution in [3.8, 4) is 0 Å². The van der Waals surface area contributed by atoms with Crippen LogP contribution in [0, 0.1) is 0 Å². The molecule has 0 bridgehead atoms. The summed E-state index contributed by atoms with van der Waals surface area (Å²) < 4.78 is 50.4. The first-order valence-corrected chi connectivity index (χ1v) is 14.3. The van der Waals surface area contributed by atoms with Gasteiger partial charge in [-0.3, -0.25) is 28.8 Å². The topological polar surface area (TPSA) is 206 Å². The fraction of sp³-hybridized carbons (Fsp3) is 0.600. The van der Waals surface area contributed by atoms with Crippen LogP contribution in [0.2, 0.25) is 0 Å². The Balaban J connectivity index is 2.12. The van der Waals surface area contributed by atoms with Crippen molar-refractivity contribution in [1.29, 1.82) is 0 Å². The minimum absolute atomic E-state index is 0.415. The molecular weight excluding hydrogens is 616 g/mol. The standard InChI is InChI=1S/C30H38O16/c1-14(31)38-12-21-25(40-16(3)33)27(23(37)24(44-21)20-10-8-7-9-11-20)46-30-29(43-19(6)36)28(42-18(5)35)26(41-17(4)34)22(45-30)13-39-15(2)32/h7-11,21-30,37H,12-13H2,1-6H3/t21-,22-,23-,24-,25-,26-,27-,28+,29+,30-/m1/s1. The van der Waals surface area contributed by atoms with Crippen molar-refractivity contribution >= 4 is 35.8 Å². The first-order valence-electron chi connectivity index (χ1n) is 14.3. The monoisotopic (exact) mass is 654 g/mol. The zero-order valence-electron chi connectivity index (χ0n) is 26.1. The molecule has 254 valence electrons. The van der Waals surface area contributed by atoms with Gasteiger partial charge >= 0.3 is 35.8 Å². The van der Waals surface area contributed by atoms with Crippen molar-refractivity contribution in [1.82, 2.24) is 0 Å². The average Bonchev–Trinajstić information content (AvgIpc) is 2.95. The van der Waals surface area contributed by atoms with Crippen LogP contribution in [0.15, 0.2) is 30.3 Å². The van der Waals surface area contributed by atoms with Crippen molar-refractivity contribution in [2.45, 2.75) is 103 Å². The molecule has 2 aliphatic heterocycles. The van der Waals surface area contributed by atoms with Gasteiger partial charge in [-0.15, -0.1) is 0 Å². The Morgan fingerprint density at radius 3 is 1.50 bits per heavy atom. The summed E-state index contributed by atoms with van der Waals surface area (Å²) in [5, 5.41) is 11.6. The highest BCUT2D eigenvalue weighted by Gasteiger charge is 2.56. The summed E-state index contributed by atoms with van der Waals surface area (Å²) in [6.45, 7) is 5.64. The maximum Gasteiger partial charge on any atom is 0.303 e. The zero-order valence-corrected chi connectivity index (χ0v) is 26.1. The largest absolute Gasteiger partial charge is 0.463 e. The molecule has 10 atom stereocenters. The Labute approximate surface area is 264 Å². The Kier molecular flexibility index (Phi) is 13.0. The molecule has 0 saturated carbocycles. The fourth-order valence-electron chi connectivity index (χ4n) is 5.12. The number of ether oxygens (including phenoxy) is 9. The van der Waals surface area contributed by atoms with Gasteiger partial charge < -0.3 is 47.7 Å². The van der Waals surface area contributed by atoms with Gasteiger partial charge in [0.15, 0.2) is 30.7 Å². The number of hydrogen-bond acceptors (Lipinski definition) is 16. The van der Waals surface area contributed by atoms with E-state index in [1.165, 1.54) is 6.92 Å². The fourth-order valence-corrected chi connectivity index (χ4v) is 5.12. The zero-order chi connectivity index (χ0) is 34.1. The lowest BCUT2D eigenvalue weighted by Gasteiger charge is -2.48. The van der Waals surface area contributed by atoms with Crippen molar-refractivity contribution in [3.63, 3.8) is 0 Å². The molecule has 2 aliphatic rings. The number of esters is 6. The van der Waals surface area contributed by atoms with Gasteiger partial charge in [0, 0.05) is 41.5 Å². The normalized spacial score (nSPS) is 30.7. The lowest BCUT2D eigenvalue weighted by molar-refractivity contribution is -0.345. The number of carbonyl (C=O) groups excluding carboxylic acids is 6. The number of carbonyl (C=O) groups is 6. The third-order valence-electron chi connectivity index (χ3n) is 6.78. The first kappa shape index (κ1) is 36.3. The van der Waals surface area contributed by atoms with Crippen LogP contribution >= 0.6 is 0 Å². The van der Waals surface area contributed by atoms with Gasteiger partial charge in [-0.2, -0.15) is 0 Å². The van der Waals surface area contributed by atoms with E-state index in [9.17, 15) is 33.9 Å². The summed E-state index contributed by atoms with van der Waals surface area (Å²) in [4.78, 5) is 72.2. The molecule has 1 aromatic carbocycles. The minimum atomic E-state index is -1.72. The van der Waals surface area contributed by atoms with Gasteiger partial charge in [-0.25, -0.2) is 0 Å². The molecule has 0 aromatic heterocycles. The molecular formula is C30H38O16. The molecule has 1 N–H and O–H groups in total. The third kappa shape index (κ3) is 9.94. The Hall–Kier alpha value is -4.12. The van der Waals surface area contributed by atoms with E-state index >= 15 is 0 Å². The second-order valence-electron chi connectivity index (χ2n) is 10.5. The van der Waals surface area contributed by atoms with E-state index in [1.807, 2.05) is 0 Å². The highest BCUT2D eigenvalue weighted by molar-refractivity contribution is 5.69. The SMILES string of the molecule is CC(=O)OC[C@H]1O[C@H](O[C@@H]2[C@H](O)[C@@H](c3ccccc3)O[C@H](COC(C)=O)[C@H]2OC(C)=O)[C@@H](OC(C)=O)[C@@H](OC(C)=O)[C@@H]1OC(C)=O. The minimum Gasteiger partial charge on any atom is -0.463 e. The highest BCUT2D eigenvalue weighted by atomic mass is 16.7. The Morgan fingerprint density at radius 2 is 1.02 bits per heavy atom. The quantitative estimate of drug-likeness (QED) is 0.254. The van der Waals surface area contributed by atoms with Gasteiger partial charge in [0.25, 0.3) is 0 Å². The van der Waals surface area contributed by atoms with Gasteiger partial charge in [-0.05, 0) is 5.56 Å². The average molecular weight is 655 g/mol. The van der Waals surface area contributed by atoms with Gasteiger partial charge in [0.2, 0.25) is 0 Å². The predicted molar refractivity (Wildman–Crippen MR) is 149 cm³/mol. The molecule has 0 unspecified atom stereocenters. The molecule has 16 nitrogen and oxygen atoms in total. The van der Waals surface area contributed by atoms with Crippen molar-refractivity contribution in [2.75, 3.05) is 13.2 Å². The smallest absolute Gasteiger partial charge is 0.303 e. The molecule has 3 rings (SSSR count). The Bertz CT molecular complexity index is 1250. The van der Waals surface area contributed by atoms with E-state index < -0.39 is 110 Å². The van der Waals surface area contributed by atoms with E-state index in [-0.39, 0.29) is 0 Å². The van der Waals surface area contributed by atoms with Crippen LogP contribution in [0.4, 0.5) is 0 Å². The number of rotatable bonds is 11. The van der Waals surface area contributed by atoms with Crippen LogP contribution in [0.25, 0.3) is 0 Å². The number of hydrogen-bond donors (Lipinski definition) is 1. The lowest BCUT2D eigenvalue weighted by atomic mass is 9.90. The summed E-state index contributed by atoms with van der Waals surface area (Å²) >= 11 is 0. The molecule has 46 heavy (non-hydrogen) atoms. The summed E-state index contributed by atoms with van der Waals surface area (Å²) in [5.41, 5.74) is 0.485. The maximum absolute atomic E-state index is 12.3. The van der Waals surface area contributed by atoms with E-state index in [0.29, 0.717) is 5.56 Å². The number of benzene rings is 1. The third-order valence-corrected chi connectivity index (χ3v) is 6.78. The summed E-state index contributed by atoms with van der Waals surface area (Å²) in [5.74, 6) is -4.75. The van der Waals surface area contributed by atoms with Crippen LogP contribution in [-0.4, -0.2) is 109 Å². The molecule has 0 aliphatic carbocycles. The Morgan fingerprint density at radius 1 is 0.587 bits per heavy atom. The van der Waals surface area contributed by atoms with Crippen LogP contribution in [0.1, 0.15) is 53.2 Å². The molecule has 0 amide bonds. The van der Waals surface area contributed by atoms with Crippen LogP contribution in [0.5, 0.6) is 0 Å². The van der Waals surface area contributed by atoms with Crippen LogP contribution in [0.3, 0.4) is 0 Å². The van der Waals surface area contributed by atoms with Crippen molar-refractivity contribution in [2.24, 2.45) is 0 Å². The second-order valence-corrected chi connectivity index (χ2v) is 10.5. The molecule has 0 spiro atoms. The number of aliphatic hydroxyl groups excluding tert-OH is 1. The van der Waals surface area contributed by atoms with Crippen LogP contribution < -0.4 is 0 Å². The lowest BCUT2D eigenvalue weighted by Crippen LogP contribution is -2.66. The van der Waals surface area contributed by atoms with Crippen molar-refractivity contribution in [3.05, 3.63) is 35.9 Å². The van der Waals surface area contributed by atoms with Crippen LogP contribution in [-0.2, 0) is 71.4 Å². The van der Waals surface area contributed by atoms with E-state index in [2.05, 4.69) is 0 Å². The highest BCUT2D eigenvalue weighted by Crippen LogP contribution is 2.38. The van der Waals surface area contributed by atoms with E-state index in [1.54, 1.807) is 30.3 Å². The van der Waals surface area contributed by atoms with Gasteiger partial charge in [0.05, 0.1) is 0 Å². The second kappa shape index (κ2) is 16.4. The van der Waals surface area contributed by atoms with Gasteiger partial charge in [-0.1, -0.05) is 30.3 Å². The summed E-state index contributed by atoms with van der Waals surface area (Å²) in [6.07, 6.45) is -14.6. The molecule has 0 radical (unpaired) electrons. The summed E-state index contributed by atoms with van der Waals surface area (Å²) in [7, 11) is 0. The molecule has 1 aromatic rings. The molecule has 2 heterocycles. The van der Waals surface area contributed by atoms with Gasteiger partial charge in [0.1, 0.15) is 43.7 Å². The molecule has 16 heteroatoms. The molecule has 2 saturated heterocycles. The van der Waals surface area contributed by atoms with E-state index in [0.717, 1.165) is 34.6 Å². The first-order chi connectivity index (χ1) is 21.7.